The molecule has 0 bridgehead atoms. The van der Waals surface area contributed by atoms with Gasteiger partial charge in [-0.2, -0.15) is 0 Å². The molecule has 140 valence electrons. The van der Waals surface area contributed by atoms with Crippen LogP contribution in [0.15, 0.2) is 35.5 Å². The maximum Gasteiger partial charge on any atom is 0.325 e. The Balaban J connectivity index is 1.99. The molecule has 2 aromatic rings. The van der Waals surface area contributed by atoms with E-state index in [0.29, 0.717) is 11.6 Å². The van der Waals surface area contributed by atoms with Gasteiger partial charge in [0.15, 0.2) is 5.16 Å². The molecule has 26 heavy (non-hydrogen) atoms. The number of imidazole rings is 1. The van der Waals surface area contributed by atoms with Crippen molar-refractivity contribution in [1.29, 1.82) is 0 Å². The van der Waals surface area contributed by atoms with Crippen LogP contribution in [0.1, 0.15) is 32.2 Å². The first-order valence-electron chi connectivity index (χ1n) is 8.65. The van der Waals surface area contributed by atoms with Crippen LogP contribution in [0.5, 0.6) is 0 Å². The Morgan fingerprint density at radius 3 is 2.42 bits per heavy atom. The van der Waals surface area contributed by atoms with E-state index < -0.39 is 11.3 Å². The molecule has 6 nitrogen and oxygen atoms in total. The molecule has 0 unspecified atom stereocenters. The standard InChI is InChI=1S/C19H26N4O2S/c1-12(2)11-23-14(4)13(3)20-19(23)26-15(5)17(24)22-18(25)21-16-9-7-6-8-10-16/h6-10,12,15H,11H2,1-5H3,(H2,21,22,24,25)/t15-/m0/s1. The van der Waals surface area contributed by atoms with Crippen molar-refractivity contribution in [2.45, 2.75) is 51.6 Å². The second kappa shape index (κ2) is 8.89. The minimum Gasteiger partial charge on any atom is -0.323 e. The molecule has 1 aromatic carbocycles. The number of imide groups is 1. The van der Waals surface area contributed by atoms with Gasteiger partial charge in [-0.05, 0) is 38.8 Å². The van der Waals surface area contributed by atoms with Crippen LogP contribution in [0.2, 0.25) is 0 Å². The summed E-state index contributed by atoms with van der Waals surface area (Å²) in [5, 5.41) is 5.39. The largest absolute Gasteiger partial charge is 0.325 e. The third-order valence-corrected chi connectivity index (χ3v) is 4.98. The minimum atomic E-state index is -0.536. The zero-order valence-electron chi connectivity index (χ0n) is 15.9. The monoisotopic (exact) mass is 374 g/mol. The van der Waals surface area contributed by atoms with Crippen molar-refractivity contribution in [3.05, 3.63) is 41.7 Å². The van der Waals surface area contributed by atoms with E-state index in [1.807, 2.05) is 32.0 Å². The SMILES string of the molecule is Cc1nc(S[C@@H](C)C(=O)NC(=O)Nc2ccccc2)n(CC(C)C)c1C. The lowest BCUT2D eigenvalue weighted by atomic mass is 10.2. The van der Waals surface area contributed by atoms with Crippen LogP contribution in [0, 0.1) is 19.8 Å². The Kier molecular flexibility index (Phi) is 6.85. The molecule has 0 aliphatic carbocycles. The van der Waals surface area contributed by atoms with Crippen molar-refractivity contribution in [1.82, 2.24) is 14.9 Å². The van der Waals surface area contributed by atoms with E-state index in [4.69, 9.17) is 0 Å². The van der Waals surface area contributed by atoms with Crippen LogP contribution in [-0.4, -0.2) is 26.7 Å². The van der Waals surface area contributed by atoms with Crippen LogP contribution >= 0.6 is 11.8 Å². The van der Waals surface area contributed by atoms with E-state index >= 15 is 0 Å². The molecule has 0 fully saturated rings. The van der Waals surface area contributed by atoms with Gasteiger partial charge in [0.2, 0.25) is 5.91 Å². The normalized spacial score (nSPS) is 12.1. The second-order valence-electron chi connectivity index (χ2n) is 6.64. The number of carbonyl (C=O) groups is 2. The molecule has 1 heterocycles. The third-order valence-electron chi connectivity index (χ3n) is 3.89. The number of urea groups is 1. The number of anilines is 1. The summed E-state index contributed by atoms with van der Waals surface area (Å²) < 4.78 is 2.14. The highest BCUT2D eigenvalue weighted by molar-refractivity contribution is 8.00. The summed E-state index contributed by atoms with van der Waals surface area (Å²) in [6, 6.07) is 8.47. The van der Waals surface area contributed by atoms with E-state index in [-0.39, 0.29) is 5.91 Å². The summed E-state index contributed by atoms with van der Waals surface area (Å²) in [7, 11) is 0. The first kappa shape index (κ1) is 20.0. The molecule has 7 heteroatoms. The number of aromatic nitrogens is 2. The zero-order chi connectivity index (χ0) is 19.3. The maximum atomic E-state index is 12.3. The number of hydrogen-bond acceptors (Lipinski definition) is 4. The molecule has 1 aromatic heterocycles. The molecule has 2 N–H and O–H groups in total. The van der Waals surface area contributed by atoms with Crippen LogP contribution < -0.4 is 10.6 Å². The van der Waals surface area contributed by atoms with E-state index in [1.54, 1.807) is 19.1 Å². The molecule has 1 atom stereocenters. The van der Waals surface area contributed by atoms with Gasteiger partial charge in [0.1, 0.15) is 0 Å². The van der Waals surface area contributed by atoms with Gasteiger partial charge in [-0.3, -0.25) is 10.1 Å². The summed E-state index contributed by atoms with van der Waals surface area (Å²) in [5.74, 6) is 0.125. The summed E-state index contributed by atoms with van der Waals surface area (Å²) in [4.78, 5) is 28.9. The number of nitrogens with zero attached hydrogens (tertiary/aromatic N) is 2. The summed E-state index contributed by atoms with van der Waals surface area (Å²) in [6.45, 7) is 10.9. The Hall–Kier alpha value is -2.28. The van der Waals surface area contributed by atoms with E-state index in [1.165, 1.54) is 11.8 Å². The van der Waals surface area contributed by atoms with Crippen molar-refractivity contribution in [3.8, 4) is 0 Å². The average molecular weight is 375 g/mol. The Labute approximate surface area is 158 Å². The fraction of sp³-hybridized carbons (Fsp3) is 0.421. The van der Waals surface area contributed by atoms with Gasteiger partial charge < -0.3 is 9.88 Å². The highest BCUT2D eigenvalue weighted by Crippen LogP contribution is 2.26. The number of aryl methyl sites for hydroxylation is 1. The molecule has 2 rings (SSSR count). The minimum absolute atomic E-state index is 0.349. The first-order valence-corrected chi connectivity index (χ1v) is 9.53. The van der Waals surface area contributed by atoms with Crippen molar-refractivity contribution >= 4 is 29.4 Å². The van der Waals surface area contributed by atoms with E-state index in [9.17, 15) is 9.59 Å². The van der Waals surface area contributed by atoms with Gasteiger partial charge in [-0.25, -0.2) is 9.78 Å². The second-order valence-corrected chi connectivity index (χ2v) is 7.95. The molecule has 0 spiro atoms. The van der Waals surface area contributed by atoms with Gasteiger partial charge in [0.25, 0.3) is 0 Å². The van der Waals surface area contributed by atoms with Crippen LogP contribution in [0.25, 0.3) is 0 Å². The third kappa shape index (κ3) is 5.36. The maximum absolute atomic E-state index is 12.3. The predicted molar refractivity (Wildman–Crippen MR) is 105 cm³/mol. The van der Waals surface area contributed by atoms with Gasteiger partial charge in [-0.1, -0.05) is 43.8 Å². The fourth-order valence-electron chi connectivity index (χ4n) is 2.40. The highest BCUT2D eigenvalue weighted by atomic mass is 32.2. The topological polar surface area (TPSA) is 76.0 Å². The first-order chi connectivity index (χ1) is 12.3. The molecule has 0 saturated heterocycles. The summed E-state index contributed by atoms with van der Waals surface area (Å²) in [6.07, 6.45) is 0. The number of thioether (sulfide) groups is 1. The van der Waals surface area contributed by atoms with E-state index in [0.717, 1.165) is 23.1 Å². The lowest BCUT2D eigenvalue weighted by Gasteiger charge is -2.15. The van der Waals surface area contributed by atoms with Gasteiger partial charge in [0, 0.05) is 17.9 Å². The van der Waals surface area contributed by atoms with Crippen molar-refractivity contribution in [3.63, 3.8) is 0 Å². The Morgan fingerprint density at radius 2 is 1.81 bits per heavy atom. The van der Waals surface area contributed by atoms with Crippen LogP contribution in [0.3, 0.4) is 0 Å². The summed E-state index contributed by atoms with van der Waals surface area (Å²) >= 11 is 1.36. The average Bonchev–Trinajstić information content (AvgIpc) is 2.82. The molecule has 0 aliphatic rings. The quantitative estimate of drug-likeness (QED) is 0.750. The van der Waals surface area contributed by atoms with Crippen molar-refractivity contribution in [2.75, 3.05) is 5.32 Å². The molecular formula is C19H26N4O2S. The number of carbonyl (C=O) groups excluding carboxylic acids is 2. The highest BCUT2D eigenvalue weighted by Gasteiger charge is 2.21. The lowest BCUT2D eigenvalue weighted by Crippen LogP contribution is -2.39. The van der Waals surface area contributed by atoms with E-state index in [2.05, 4.69) is 34.0 Å². The summed E-state index contributed by atoms with van der Waals surface area (Å²) in [5.41, 5.74) is 2.70. The van der Waals surface area contributed by atoms with Crippen molar-refractivity contribution < 1.29 is 9.59 Å². The van der Waals surface area contributed by atoms with Crippen LogP contribution in [-0.2, 0) is 11.3 Å². The lowest BCUT2D eigenvalue weighted by molar-refractivity contribution is -0.119. The molecular weight excluding hydrogens is 348 g/mol. The molecule has 0 radical (unpaired) electrons. The van der Waals surface area contributed by atoms with Crippen molar-refractivity contribution in [2.24, 2.45) is 5.92 Å². The van der Waals surface area contributed by atoms with Gasteiger partial charge >= 0.3 is 6.03 Å². The molecule has 0 saturated carbocycles. The number of para-hydroxylation sites is 1. The Morgan fingerprint density at radius 1 is 1.15 bits per heavy atom. The molecule has 3 amide bonds. The molecule has 0 aliphatic heterocycles. The predicted octanol–water partition coefficient (Wildman–Crippen LogP) is 3.98. The number of rotatable bonds is 6. The Bertz CT molecular complexity index is 771. The van der Waals surface area contributed by atoms with Gasteiger partial charge in [-0.15, -0.1) is 0 Å². The number of amides is 3. The fourth-order valence-corrected chi connectivity index (χ4v) is 3.41. The number of hydrogen-bond donors (Lipinski definition) is 2. The van der Waals surface area contributed by atoms with Crippen LogP contribution in [0.4, 0.5) is 10.5 Å². The van der Waals surface area contributed by atoms with Gasteiger partial charge in [0.05, 0.1) is 10.9 Å². The smallest absolute Gasteiger partial charge is 0.323 e. The zero-order valence-corrected chi connectivity index (χ0v) is 16.7. The number of benzene rings is 1. The number of nitrogens with one attached hydrogen (secondary N) is 2.